The predicted molar refractivity (Wildman–Crippen MR) is 123 cm³/mol. The summed E-state index contributed by atoms with van der Waals surface area (Å²) in [6, 6.07) is 3.58. The lowest BCUT2D eigenvalue weighted by atomic mass is 9.69. The van der Waals surface area contributed by atoms with Gasteiger partial charge in [0.2, 0.25) is 5.75 Å². The maximum atomic E-state index is 13.4. The van der Waals surface area contributed by atoms with Crippen molar-refractivity contribution in [1.29, 1.82) is 0 Å². The molecule has 2 N–H and O–H groups in total. The average Bonchev–Trinajstić information content (AvgIpc) is 2.75. The van der Waals surface area contributed by atoms with Crippen LogP contribution in [0.2, 0.25) is 0 Å². The molecule has 0 saturated heterocycles. The lowest BCUT2D eigenvalue weighted by molar-refractivity contribution is -0.118. The fourth-order valence-electron chi connectivity index (χ4n) is 4.65. The lowest BCUT2D eigenvalue weighted by Crippen LogP contribution is -2.37. The third-order valence-electron chi connectivity index (χ3n) is 5.94. The molecule has 0 fully saturated rings. The van der Waals surface area contributed by atoms with Gasteiger partial charge in [-0.15, -0.1) is 0 Å². The number of aromatic amines is 1. The molecule has 2 aromatic rings. The SMILES string of the molecule is COc1ccc(C2C3=C(CC(C)(C)CC3=O)Nc3nc(SC)[nH]c(=O)c32)c(OC)c1OC. The zero-order valence-corrected chi connectivity index (χ0v) is 19.9. The van der Waals surface area contributed by atoms with Gasteiger partial charge in [-0.1, -0.05) is 31.7 Å². The topological polar surface area (TPSA) is 103 Å². The minimum Gasteiger partial charge on any atom is -0.493 e. The van der Waals surface area contributed by atoms with Gasteiger partial charge < -0.3 is 24.5 Å². The Morgan fingerprint density at radius 1 is 1.06 bits per heavy atom. The molecular weight excluding hydrogens is 430 g/mol. The van der Waals surface area contributed by atoms with Crippen molar-refractivity contribution in [3.63, 3.8) is 0 Å². The Kier molecular flexibility index (Phi) is 5.70. The minimum atomic E-state index is -0.647. The highest BCUT2D eigenvalue weighted by atomic mass is 32.2. The number of thioether (sulfide) groups is 1. The Balaban J connectivity index is 2.05. The third-order valence-corrected chi connectivity index (χ3v) is 6.52. The predicted octanol–water partition coefficient (Wildman–Crippen LogP) is 3.72. The number of allylic oxidation sites excluding steroid dienone is 2. The van der Waals surface area contributed by atoms with E-state index in [4.69, 9.17) is 14.2 Å². The van der Waals surface area contributed by atoms with Crippen LogP contribution < -0.4 is 25.1 Å². The number of fused-ring (bicyclic) bond motifs is 1. The number of Topliss-reactive ketones (excluding diaryl/α,β-unsaturated/α-hetero) is 1. The number of anilines is 1. The number of H-pyrrole nitrogens is 1. The highest BCUT2D eigenvalue weighted by Gasteiger charge is 2.43. The molecule has 0 amide bonds. The van der Waals surface area contributed by atoms with Crippen LogP contribution in [-0.2, 0) is 4.79 Å². The van der Waals surface area contributed by atoms with E-state index in [1.165, 1.54) is 26.0 Å². The van der Waals surface area contributed by atoms with Crippen LogP contribution in [0, 0.1) is 5.41 Å². The highest BCUT2D eigenvalue weighted by molar-refractivity contribution is 7.98. The molecule has 1 aliphatic carbocycles. The Morgan fingerprint density at radius 2 is 1.78 bits per heavy atom. The second-order valence-corrected chi connectivity index (χ2v) is 9.45. The summed E-state index contributed by atoms with van der Waals surface area (Å²) >= 11 is 1.35. The first kappa shape index (κ1) is 22.3. The monoisotopic (exact) mass is 457 g/mol. The summed E-state index contributed by atoms with van der Waals surface area (Å²) in [6.45, 7) is 4.13. The number of methoxy groups -OCH3 is 3. The number of nitrogens with zero attached hydrogens (tertiary/aromatic N) is 1. The first-order valence-electron chi connectivity index (χ1n) is 10.2. The van der Waals surface area contributed by atoms with Crippen LogP contribution in [0.4, 0.5) is 5.82 Å². The molecule has 170 valence electrons. The third kappa shape index (κ3) is 3.54. The molecule has 2 aliphatic rings. The van der Waals surface area contributed by atoms with E-state index in [1.807, 2.05) is 12.3 Å². The summed E-state index contributed by atoms with van der Waals surface area (Å²) in [4.78, 5) is 34.1. The van der Waals surface area contributed by atoms with Crippen molar-refractivity contribution in [2.45, 2.75) is 37.8 Å². The van der Waals surface area contributed by atoms with Crippen LogP contribution in [0.1, 0.15) is 43.7 Å². The molecule has 1 aromatic carbocycles. The first-order valence-corrected chi connectivity index (χ1v) is 11.5. The highest BCUT2D eigenvalue weighted by Crippen LogP contribution is 2.52. The maximum Gasteiger partial charge on any atom is 0.257 e. The summed E-state index contributed by atoms with van der Waals surface area (Å²) in [5.74, 6) is 1.14. The van der Waals surface area contributed by atoms with E-state index < -0.39 is 5.92 Å². The number of ether oxygens (including phenoxy) is 3. The van der Waals surface area contributed by atoms with E-state index in [1.54, 1.807) is 13.2 Å². The molecule has 4 rings (SSSR count). The number of aromatic nitrogens is 2. The second-order valence-electron chi connectivity index (χ2n) is 8.65. The quantitative estimate of drug-likeness (QED) is 0.517. The number of carbonyl (C=O) groups excluding carboxylic acids is 1. The van der Waals surface area contributed by atoms with Crippen molar-refractivity contribution in [2.75, 3.05) is 32.9 Å². The van der Waals surface area contributed by atoms with Gasteiger partial charge >= 0.3 is 0 Å². The van der Waals surface area contributed by atoms with Crippen molar-refractivity contribution >= 4 is 23.4 Å². The Morgan fingerprint density at radius 3 is 2.41 bits per heavy atom. The molecule has 9 heteroatoms. The van der Waals surface area contributed by atoms with E-state index >= 15 is 0 Å². The van der Waals surface area contributed by atoms with Gasteiger partial charge in [0.05, 0.1) is 32.8 Å². The summed E-state index contributed by atoms with van der Waals surface area (Å²) in [7, 11) is 4.60. The molecular formula is C23H27N3O5S. The van der Waals surface area contributed by atoms with Crippen LogP contribution in [0.25, 0.3) is 0 Å². The number of nitrogens with one attached hydrogen (secondary N) is 2. The van der Waals surface area contributed by atoms with Gasteiger partial charge in [0, 0.05) is 23.3 Å². The first-order chi connectivity index (χ1) is 15.2. The van der Waals surface area contributed by atoms with Crippen LogP contribution in [0.15, 0.2) is 33.4 Å². The number of hydrogen-bond acceptors (Lipinski definition) is 8. The van der Waals surface area contributed by atoms with Gasteiger partial charge in [0.1, 0.15) is 5.82 Å². The van der Waals surface area contributed by atoms with Gasteiger partial charge in [-0.2, -0.15) is 0 Å². The fraction of sp³-hybridized carbons (Fsp3) is 0.435. The van der Waals surface area contributed by atoms with Crippen molar-refractivity contribution in [3.8, 4) is 17.2 Å². The number of carbonyl (C=O) groups is 1. The van der Waals surface area contributed by atoms with Crippen LogP contribution in [0.3, 0.4) is 0 Å². The van der Waals surface area contributed by atoms with Gasteiger partial charge in [0.25, 0.3) is 5.56 Å². The number of ketones is 1. The number of benzene rings is 1. The molecule has 0 saturated carbocycles. The molecule has 1 atom stereocenters. The zero-order chi connectivity index (χ0) is 23.2. The summed E-state index contributed by atoms with van der Waals surface area (Å²) in [6.07, 6.45) is 2.91. The second kappa shape index (κ2) is 8.20. The van der Waals surface area contributed by atoms with Gasteiger partial charge in [-0.3, -0.25) is 9.59 Å². The maximum absolute atomic E-state index is 13.4. The zero-order valence-electron chi connectivity index (χ0n) is 19.0. The van der Waals surface area contributed by atoms with Gasteiger partial charge in [-0.25, -0.2) is 4.98 Å². The molecule has 0 radical (unpaired) electrons. The Labute approximate surface area is 190 Å². The minimum absolute atomic E-state index is 0.00424. The number of rotatable bonds is 5. The molecule has 32 heavy (non-hydrogen) atoms. The lowest BCUT2D eigenvalue weighted by Gasteiger charge is -2.39. The van der Waals surface area contributed by atoms with E-state index in [0.717, 1.165) is 5.70 Å². The van der Waals surface area contributed by atoms with E-state index in [2.05, 4.69) is 29.1 Å². The molecule has 2 heterocycles. The van der Waals surface area contributed by atoms with Crippen molar-refractivity contribution in [2.24, 2.45) is 5.41 Å². The van der Waals surface area contributed by atoms with Crippen molar-refractivity contribution in [1.82, 2.24) is 9.97 Å². The van der Waals surface area contributed by atoms with Gasteiger partial charge in [0.15, 0.2) is 22.4 Å². The van der Waals surface area contributed by atoms with Crippen LogP contribution >= 0.6 is 11.8 Å². The molecule has 1 aliphatic heterocycles. The molecule has 1 aromatic heterocycles. The van der Waals surface area contributed by atoms with Crippen molar-refractivity contribution < 1.29 is 19.0 Å². The van der Waals surface area contributed by atoms with Crippen molar-refractivity contribution in [3.05, 3.63) is 44.9 Å². The van der Waals surface area contributed by atoms with E-state index in [0.29, 0.717) is 57.8 Å². The summed E-state index contributed by atoms with van der Waals surface area (Å²) in [5.41, 5.74) is 1.92. The average molecular weight is 458 g/mol. The molecule has 8 nitrogen and oxygen atoms in total. The Bertz CT molecular complexity index is 1180. The smallest absolute Gasteiger partial charge is 0.257 e. The molecule has 0 spiro atoms. The summed E-state index contributed by atoms with van der Waals surface area (Å²) in [5, 5.41) is 3.81. The van der Waals surface area contributed by atoms with E-state index in [9.17, 15) is 9.59 Å². The van der Waals surface area contributed by atoms with Crippen LogP contribution in [-0.4, -0.2) is 43.3 Å². The van der Waals surface area contributed by atoms with E-state index in [-0.39, 0.29) is 16.8 Å². The summed E-state index contributed by atoms with van der Waals surface area (Å²) < 4.78 is 16.7. The number of hydrogen-bond donors (Lipinski definition) is 2. The molecule has 0 bridgehead atoms. The largest absolute Gasteiger partial charge is 0.493 e. The normalized spacial score (nSPS) is 19.1. The Hall–Kier alpha value is -2.94. The standard InChI is InChI=1S/C23H27N3O5S/c1-23(2)9-12-16(13(27)10-23)15(17-20(24-12)25-22(32-6)26-21(17)28)11-7-8-14(29-3)19(31-5)18(11)30-4/h7-8,15H,9-10H2,1-6H3,(H2,24,25,26,28). The van der Waals surface area contributed by atoms with Crippen LogP contribution in [0.5, 0.6) is 17.2 Å². The van der Waals surface area contributed by atoms with Gasteiger partial charge in [-0.05, 0) is 24.2 Å². The molecule has 1 unspecified atom stereocenters. The fourth-order valence-corrected chi connectivity index (χ4v) is 5.03.